The Morgan fingerprint density at radius 1 is 1.45 bits per heavy atom. The monoisotopic (exact) mass is 163 g/mol. The van der Waals surface area contributed by atoms with Gasteiger partial charge in [-0.25, -0.2) is 8.78 Å². The molecule has 2 aliphatic heterocycles. The van der Waals surface area contributed by atoms with Crippen LogP contribution in [0.4, 0.5) is 8.78 Å². The Balaban J connectivity index is 2.15. The number of fused-ring (bicyclic) bond motifs is 1. The molecule has 2 aliphatic rings. The molecule has 0 saturated carbocycles. The van der Waals surface area contributed by atoms with E-state index in [1.54, 1.807) is 4.90 Å². The lowest BCUT2D eigenvalue weighted by atomic mass is 9.85. The topological polar surface area (TPSA) is 23.5 Å². The van der Waals surface area contributed by atoms with E-state index < -0.39 is 11.5 Å². The average molecular weight is 163 g/mol. The molecule has 2 nitrogen and oxygen atoms in total. The van der Waals surface area contributed by atoms with Crippen molar-refractivity contribution in [2.75, 3.05) is 19.7 Å². The maximum absolute atomic E-state index is 12.8. The van der Waals surface area contributed by atoms with Gasteiger partial charge >= 0.3 is 0 Å². The Hall–Kier alpha value is -0.220. The number of rotatable bonds is 1. The summed E-state index contributed by atoms with van der Waals surface area (Å²) < 4.78 is 25.5. The Bertz CT molecular complexity index is 181. The van der Waals surface area contributed by atoms with Crippen LogP contribution in [0.2, 0.25) is 0 Å². The standard InChI is InChI=1S/C7H11F2NO/c8-7(9)3-6(5-11)1-2-10(6)4-7/h11H,1-5H2/t6-/m0/s1. The molecular formula is C7H11F2NO. The van der Waals surface area contributed by atoms with Gasteiger partial charge in [0.05, 0.1) is 18.7 Å². The molecule has 0 amide bonds. The van der Waals surface area contributed by atoms with Gasteiger partial charge in [0.2, 0.25) is 0 Å². The molecule has 2 saturated heterocycles. The Morgan fingerprint density at radius 3 is 2.45 bits per heavy atom. The van der Waals surface area contributed by atoms with E-state index >= 15 is 0 Å². The van der Waals surface area contributed by atoms with Crippen molar-refractivity contribution in [3.05, 3.63) is 0 Å². The minimum absolute atomic E-state index is 0.122. The predicted molar refractivity (Wildman–Crippen MR) is 35.6 cm³/mol. The Labute approximate surface area is 63.8 Å². The third-order valence-electron chi connectivity index (χ3n) is 2.82. The molecule has 0 aromatic rings. The highest BCUT2D eigenvalue weighted by molar-refractivity contribution is 5.09. The number of aliphatic hydroxyl groups excluding tert-OH is 1. The van der Waals surface area contributed by atoms with Crippen LogP contribution in [0.1, 0.15) is 12.8 Å². The highest BCUT2D eigenvalue weighted by Gasteiger charge is 2.58. The van der Waals surface area contributed by atoms with Gasteiger partial charge in [-0.15, -0.1) is 0 Å². The van der Waals surface area contributed by atoms with Gasteiger partial charge < -0.3 is 5.11 Å². The molecule has 64 valence electrons. The molecule has 1 N–H and O–H groups in total. The molecule has 0 aliphatic carbocycles. The molecule has 2 rings (SSSR count). The first kappa shape index (κ1) is 7.43. The average Bonchev–Trinajstić information content (AvgIpc) is 2.09. The summed E-state index contributed by atoms with van der Waals surface area (Å²) in [6.07, 6.45) is 0.565. The van der Waals surface area contributed by atoms with Gasteiger partial charge in [-0.05, 0) is 6.42 Å². The highest BCUT2D eigenvalue weighted by Crippen LogP contribution is 2.46. The lowest BCUT2D eigenvalue weighted by molar-refractivity contribution is -0.0191. The third kappa shape index (κ3) is 0.891. The van der Waals surface area contributed by atoms with Crippen LogP contribution in [-0.4, -0.2) is 41.2 Å². The second-order valence-corrected chi connectivity index (χ2v) is 3.59. The van der Waals surface area contributed by atoms with E-state index in [0.717, 1.165) is 13.0 Å². The zero-order valence-electron chi connectivity index (χ0n) is 6.19. The number of aliphatic hydroxyl groups is 1. The van der Waals surface area contributed by atoms with Crippen LogP contribution in [-0.2, 0) is 0 Å². The zero-order chi connectivity index (χ0) is 8.11. The summed E-state index contributed by atoms with van der Waals surface area (Å²) >= 11 is 0. The summed E-state index contributed by atoms with van der Waals surface area (Å²) in [5.41, 5.74) is -0.552. The molecule has 11 heavy (non-hydrogen) atoms. The molecule has 0 aromatic carbocycles. The maximum atomic E-state index is 12.8. The van der Waals surface area contributed by atoms with E-state index in [1.807, 2.05) is 0 Å². The second-order valence-electron chi connectivity index (χ2n) is 3.59. The molecule has 0 radical (unpaired) electrons. The Kier molecular flexibility index (Phi) is 1.30. The summed E-state index contributed by atoms with van der Waals surface area (Å²) in [7, 11) is 0. The van der Waals surface area contributed by atoms with Crippen LogP contribution in [0, 0.1) is 0 Å². The lowest BCUT2D eigenvalue weighted by Crippen LogP contribution is -2.57. The number of alkyl halides is 2. The quantitative estimate of drug-likeness (QED) is 0.607. The van der Waals surface area contributed by atoms with E-state index in [2.05, 4.69) is 0 Å². The summed E-state index contributed by atoms with van der Waals surface area (Å²) in [5.74, 6) is -2.57. The maximum Gasteiger partial charge on any atom is 0.262 e. The molecule has 4 heteroatoms. The normalized spacial score (nSPS) is 41.7. The summed E-state index contributed by atoms with van der Waals surface area (Å²) in [6, 6.07) is 0. The van der Waals surface area contributed by atoms with E-state index in [-0.39, 0.29) is 19.6 Å². The van der Waals surface area contributed by atoms with Crippen molar-refractivity contribution in [1.82, 2.24) is 4.90 Å². The van der Waals surface area contributed by atoms with Crippen molar-refractivity contribution in [3.8, 4) is 0 Å². The second kappa shape index (κ2) is 1.93. The summed E-state index contributed by atoms with van der Waals surface area (Å²) in [6.45, 7) is 0.437. The summed E-state index contributed by atoms with van der Waals surface area (Å²) in [5, 5.41) is 8.90. The predicted octanol–water partition coefficient (Wildman–Crippen LogP) is 0.462. The molecule has 2 fully saturated rings. The smallest absolute Gasteiger partial charge is 0.262 e. The number of hydrogen-bond acceptors (Lipinski definition) is 2. The van der Waals surface area contributed by atoms with Crippen molar-refractivity contribution in [3.63, 3.8) is 0 Å². The fourth-order valence-electron chi connectivity index (χ4n) is 2.08. The fourth-order valence-corrected chi connectivity index (χ4v) is 2.08. The largest absolute Gasteiger partial charge is 0.394 e. The number of nitrogens with zero attached hydrogens (tertiary/aromatic N) is 1. The van der Waals surface area contributed by atoms with Crippen LogP contribution in [0.15, 0.2) is 0 Å². The molecule has 0 bridgehead atoms. The molecule has 2 heterocycles. The first-order valence-electron chi connectivity index (χ1n) is 3.82. The van der Waals surface area contributed by atoms with Crippen molar-refractivity contribution >= 4 is 0 Å². The third-order valence-corrected chi connectivity index (χ3v) is 2.82. The minimum Gasteiger partial charge on any atom is -0.394 e. The fraction of sp³-hybridized carbons (Fsp3) is 1.00. The van der Waals surface area contributed by atoms with Crippen molar-refractivity contribution < 1.29 is 13.9 Å². The van der Waals surface area contributed by atoms with Crippen molar-refractivity contribution in [2.24, 2.45) is 0 Å². The zero-order valence-corrected chi connectivity index (χ0v) is 6.19. The van der Waals surface area contributed by atoms with Gasteiger partial charge in [-0.3, -0.25) is 4.90 Å². The SMILES string of the molecule is OC[C@@]12CCN1CC(F)(F)C2. The van der Waals surface area contributed by atoms with Crippen LogP contribution >= 0.6 is 0 Å². The number of halogens is 2. The van der Waals surface area contributed by atoms with Gasteiger partial charge in [0.25, 0.3) is 5.92 Å². The van der Waals surface area contributed by atoms with Gasteiger partial charge in [0.15, 0.2) is 0 Å². The van der Waals surface area contributed by atoms with E-state index in [4.69, 9.17) is 5.11 Å². The van der Waals surface area contributed by atoms with E-state index in [9.17, 15) is 8.78 Å². The van der Waals surface area contributed by atoms with Crippen LogP contribution in [0.25, 0.3) is 0 Å². The highest BCUT2D eigenvalue weighted by atomic mass is 19.3. The van der Waals surface area contributed by atoms with Crippen LogP contribution < -0.4 is 0 Å². The van der Waals surface area contributed by atoms with Crippen molar-refractivity contribution in [2.45, 2.75) is 24.3 Å². The molecule has 0 aromatic heterocycles. The van der Waals surface area contributed by atoms with Crippen LogP contribution in [0.5, 0.6) is 0 Å². The lowest BCUT2D eigenvalue weighted by Gasteiger charge is -2.46. The number of hydrogen-bond donors (Lipinski definition) is 1. The van der Waals surface area contributed by atoms with Gasteiger partial charge in [0, 0.05) is 13.0 Å². The van der Waals surface area contributed by atoms with Gasteiger partial charge in [-0.1, -0.05) is 0 Å². The van der Waals surface area contributed by atoms with Gasteiger partial charge in [0.1, 0.15) is 0 Å². The molecular weight excluding hydrogens is 152 g/mol. The first-order valence-corrected chi connectivity index (χ1v) is 3.82. The van der Waals surface area contributed by atoms with E-state index in [0.29, 0.717) is 0 Å². The van der Waals surface area contributed by atoms with E-state index in [1.165, 1.54) is 0 Å². The molecule has 0 unspecified atom stereocenters. The molecule has 0 spiro atoms. The summed E-state index contributed by atoms with van der Waals surface area (Å²) in [4.78, 5) is 1.69. The van der Waals surface area contributed by atoms with Crippen molar-refractivity contribution in [1.29, 1.82) is 0 Å². The minimum atomic E-state index is -2.57. The Morgan fingerprint density at radius 2 is 2.18 bits per heavy atom. The first-order chi connectivity index (χ1) is 5.08. The van der Waals surface area contributed by atoms with Crippen LogP contribution in [0.3, 0.4) is 0 Å². The van der Waals surface area contributed by atoms with Gasteiger partial charge in [-0.2, -0.15) is 0 Å². The molecule has 1 atom stereocenters.